The number of hydrogen-bond donors (Lipinski definition) is 1. The van der Waals surface area contributed by atoms with E-state index in [1.807, 2.05) is 67.6 Å². The van der Waals surface area contributed by atoms with E-state index >= 15 is 0 Å². The number of rotatable bonds is 4. The Kier molecular flexibility index (Phi) is 4.90. The molecule has 3 aromatic carbocycles. The van der Waals surface area contributed by atoms with E-state index in [1.54, 1.807) is 4.90 Å². The number of benzene rings is 3. The first-order valence-electron chi connectivity index (χ1n) is 9.66. The Morgan fingerprint density at radius 1 is 1.10 bits per heavy atom. The summed E-state index contributed by atoms with van der Waals surface area (Å²) in [5, 5.41) is 3.53. The van der Waals surface area contributed by atoms with Crippen LogP contribution < -0.4 is 24.4 Å². The number of ether oxygens (including phenoxy) is 3. The van der Waals surface area contributed by atoms with Crippen molar-refractivity contribution in [3.05, 3.63) is 75.4 Å². The molecule has 2 heterocycles. The molecule has 2 aliphatic rings. The average molecular weight is 514 g/mol. The average Bonchev–Trinajstić information content (AvgIpc) is 3.22. The predicted molar refractivity (Wildman–Crippen MR) is 123 cm³/mol. The van der Waals surface area contributed by atoms with Crippen molar-refractivity contribution in [2.24, 2.45) is 0 Å². The first kappa shape index (κ1) is 19.0. The van der Waals surface area contributed by atoms with Crippen LogP contribution in [0.2, 0.25) is 0 Å². The molecule has 0 radical (unpaired) electrons. The highest BCUT2D eigenvalue weighted by Crippen LogP contribution is 2.41. The van der Waals surface area contributed by atoms with Crippen LogP contribution in [0, 0.1) is 3.57 Å². The molecule has 0 spiro atoms. The molecule has 5 rings (SSSR count). The third-order valence-corrected chi connectivity index (χ3v) is 5.77. The van der Waals surface area contributed by atoms with E-state index in [1.165, 1.54) is 0 Å². The molecule has 7 heteroatoms. The van der Waals surface area contributed by atoms with Gasteiger partial charge in [-0.3, -0.25) is 9.69 Å². The standard InChI is InChI=1S/C23H19IN2O4/c1-2-28-17-5-3-4-16(12-17)26-22(14-6-9-20-21(10-14)30-13-29-20)25-19-8-7-15(24)11-18(19)23(26)27/h3-12,22,25H,2,13H2,1H3/t22-/m1/s1. The molecule has 0 saturated heterocycles. The van der Waals surface area contributed by atoms with Crippen molar-refractivity contribution < 1.29 is 19.0 Å². The van der Waals surface area contributed by atoms with E-state index < -0.39 is 6.17 Å². The number of amides is 1. The zero-order valence-electron chi connectivity index (χ0n) is 16.2. The zero-order valence-corrected chi connectivity index (χ0v) is 18.4. The monoisotopic (exact) mass is 514 g/mol. The van der Waals surface area contributed by atoms with Crippen LogP contribution >= 0.6 is 22.6 Å². The van der Waals surface area contributed by atoms with Gasteiger partial charge in [0.15, 0.2) is 11.5 Å². The molecular formula is C23H19IN2O4. The van der Waals surface area contributed by atoms with Crippen molar-refractivity contribution in [3.63, 3.8) is 0 Å². The number of carbonyl (C=O) groups is 1. The van der Waals surface area contributed by atoms with Crippen molar-refractivity contribution in [2.75, 3.05) is 23.6 Å². The molecule has 0 aliphatic carbocycles. The lowest BCUT2D eigenvalue weighted by atomic mass is 10.0. The SMILES string of the molecule is CCOc1cccc(N2C(=O)c3cc(I)ccc3N[C@H]2c2ccc3c(c2)OCO3)c1. The topological polar surface area (TPSA) is 60.0 Å². The second-order valence-corrected chi connectivity index (χ2v) is 8.20. The summed E-state index contributed by atoms with van der Waals surface area (Å²) >= 11 is 2.22. The van der Waals surface area contributed by atoms with Crippen LogP contribution in [0.3, 0.4) is 0 Å². The summed E-state index contributed by atoms with van der Waals surface area (Å²) in [6, 6.07) is 19.2. The molecule has 1 amide bonds. The van der Waals surface area contributed by atoms with Gasteiger partial charge in [-0.1, -0.05) is 12.1 Å². The van der Waals surface area contributed by atoms with E-state index in [2.05, 4.69) is 27.9 Å². The third kappa shape index (κ3) is 3.32. The maximum Gasteiger partial charge on any atom is 0.262 e. The number of fused-ring (bicyclic) bond motifs is 2. The zero-order chi connectivity index (χ0) is 20.7. The minimum absolute atomic E-state index is 0.0708. The van der Waals surface area contributed by atoms with Gasteiger partial charge in [0.2, 0.25) is 6.79 Å². The van der Waals surface area contributed by atoms with Gasteiger partial charge in [0.1, 0.15) is 11.9 Å². The van der Waals surface area contributed by atoms with Crippen molar-refractivity contribution in [1.29, 1.82) is 0 Å². The van der Waals surface area contributed by atoms with E-state index in [9.17, 15) is 4.79 Å². The van der Waals surface area contributed by atoms with Crippen LogP contribution in [-0.2, 0) is 0 Å². The van der Waals surface area contributed by atoms with Crippen molar-refractivity contribution >= 4 is 39.9 Å². The fourth-order valence-electron chi connectivity index (χ4n) is 3.75. The van der Waals surface area contributed by atoms with Crippen LogP contribution in [-0.4, -0.2) is 19.3 Å². The van der Waals surface area contributed by atoms with Crippen LogP contribution in [0.15, 0.2) is 60.7 Å². The maximum atomic E-state index is 13.6. The second kappa shape index (κ2) is 7.71. The van der Waals surface area contributed by atoms with Gasteiger partial charge in [-0.25, -0.2) is 0 Å². The highest BCUT2D eigenvalue weighted by Gasteiger charge is 2.35. The Hall–Kier alpha value is -2.94. The van der Waals surface area contributed by atoms with Crippen LogP contribution in [0.4, 0.5) is 11.4 Å². The van der Waals surface area contributed by atoms with Crippen LogP contribution in [0.5, 0.6) is 17.2 Å². The molecular weight excluding hydrogens is 495 g/mol. The van der Waals surface area contributed by atoms with Gasteiger partial charge in [-0.2, -0.15) is 0 Å². The molecule has 0 bridgehead atoms. The molecule has 0 saturated carbocycles. The van der Waals surface area contributed by atoms with Crippen LogP contribution in [0.25, 0.3) is 0 Å². The smallest absolute Gasteiger partial charge is 0.262 e. The molecule has 1 N–H and O–H groups in total. The normalized spacial score (nSPS) is 16.8. The Morgan fingerprint density at radius 3 is 2.83 bits per heavy atom. The molecule has 30 heavy (non-hydrogen) atoms. The summed E-state index contributed by atoms with van der Waals surface area (Å²) in [6.07, 6.45) is -0.406. The van der Waals surface area contributed by atoms with Crippen molar-refractivity contribution in [3.8, 4) is 17.2 Å². The first-order valence-corrected chi connectivity index (χ1v) is 10.7. The predicted octanol–water partition coefficient (Wildman–Crippen LogP) is 5.19. The summed E-state index contributed by atoms with van der Waals surface area (Å²) in [5.41, 5.74) is 3.10. The highest BCUT2D eigenvalue weighted by molar-refractivity contribution is 14.1. The number of halogens is 1. The summed E-state index contributed by atoms with van der Waals surface area (Å²) in [6.45, 7) is 2.70. The Balaban J connectivity index is 1.63. The van der Waals surface area contributed by atoms with E-state index in [4.69, 9.17) is 14.2 Å². The fraction of sp³-hybridized carbons (Fsp3) is 0.174. The quantitative estimate of drug-likeness (QED) is 0.486. The molecule has 0 unspecified atom stereocenters. The molecule has 6 nitrogen and oxygen atoms in total. The molecule has 3 aromatic rings. The molecule has 0 fully saturated rings. The largest absolute Gasteiger partial charge is 0.494 e. The lowest BCUT2D eigenvalue weighted by Gasteiger charge is -2.38. The lowest BCUT2D eigenvalue weighted by molar-refractivity contribution is 0.0974. The molecule has 2 aliphatic heterocycles. The van der Waals surface area contributed by atoms with E-state index in [-0.39, 0.29) is 12.7 Å². The number of nitrogens with zero attached hydrogens (tertiary/aromatic N) is 1. The fourth-order valence-corrected chi connectivity index (χ4v) is 4.24. The van der Waals surface area contributed by atoms with Gasteiger partial charge in [0.05, 0.1) is 17.9 Å². The van der Waals surface area contributed by atoms with E-state index in [0.717, 1.165) is 26.3 Å². The lowest BCUT2D eigenvalue weighted by Crippen LogP contribution is -2.43. The molecule has 0 aromatic heterocycles. The summed E-state index contributed by atoms with van der Waals surface area (Å²) < 4.78 is 17.7. The summed E-state index contributed by atoms with van der Waals surface area (Å²) in [5.74, 6) is 2.04. The van der Waals surface area contributed by atoms with Gasteiger partial charge in [0.25, 0.3) is 5.91 Å². The maximum absolute atomic E-state index is 13.6. The minimum atomic E-state index is -0.406. The Morgan fingerprint density at radius 2 is 1.97 bits per heavy atom. The van der Waals surface area contributed by atoms with E-state index in [0.29, 0.717) is 23.7 Å². The second-order valence-electron chi connectivity index (χ2n) is 6.96. The van der Waals surface area contributed by atoms with Gasteiger partial charge >= 0.3 is 0 Å². The molecule has 1 atom stereocenters. The third-order valence-electron chi connectivity index (χ3n) is 5.10. The number of hydrogen-bond acceptors (Lipinski definition) is 5. The van der Waals surface area contributed by atoms with Gasteiger partial charge in [0, 0.05) is 15.3 Å². The van der Waals surface area contributed by atoms with Crippen molar-refractivity contribution in [2.45, 2.75) is 13.1 Å². The Bertz CT molecular complexity index is 1130. The Labute approximate surface area is 187 Å². The summed E-state index contributed by atoms with van der Waals surface area (Å²) in [7, 11) is 0. The first-order chi connectivity index (χ1) is 14.6. The summed E-state index contributed by atoms with van der Waals surface area (Å²) in [4.78, 5) is 15.4. The minimum Gasteiger partial charge on any atom is -0.494 e. The van der Waals surface area contributed by atoms with Crippen LogP contribution in [0.1, 0.15) is 29.0 Å². The highest BCUT2D eigenvalue weighted by atomic mass is 127. The van der Waals surface area contributed by atoms with Gasteiger partial charge in [-0.15, -0.1) is 0 Å². The number of nitrogens with one attached hydrogen (secondary N) is 1. The van der Waals surface area contributed by atoms with Gasteiger partial charge < -0.3 is 19.5 Å². The number of anilines is 2. The molecule has 152 valence electrons. The van der Waals surface area contributed by atoms with Gasteiger partial charge in [-0.05, 0) is 77.5 Å². The van der Waals surface area contributed by atoms with Crippen molar-refractivity contribution in [1.82, 2.24) is 0 Å². The number of carbonyl (C=O) groups excluding carboxylic acids is 1.